The van der Waals surface area contributed by atoms with Crippen molar-refractivity contribution in [2.75, 3.05) is 0 Å². The Morgan fingerprint density at radius 2 is 1.83 bits per heavy atom. The third-order valence-corrected chi connectivity index (χ3v) is 4.73. The van der Waals surface area contributed by atoms with Gasteiger partial charge in [-0.1, -0.05) is 24.3 Å². The van der Waals surface area contributed by atoms with Gasteiger partial charge in [-0.05, 0) is 60.9 Å². The molecule has 3 rings (SSSR count). The SMILES string of the molecule is Cc1cc(F)ccc1-c1cc(C(=O)N[C@@H](CC(=O)O)c2ccccc2C)ccn1. The third kappa shape index (κ3) is 4.85. The Hall–Kier alpha value is -3.54. The highest BCUT2D eigenvalue weighted by Gasteiger charge is 2.21. The van der Waals surface area contributed by atoms with Crippen LogP contribution in [0.3, 0.4) is 0 Å². The number of carboxylic acid groups (broad SMARTS) is 1. The van der Waals surface area contributed by atoms with Gasteiger partial charge in [-0.2, -0.15) is 0 Å². The molecule has 0 fully saturated rings. The summed E-state index contributed by atoms with van der Waals surface area (Å²) in [6, 6.07) is 14.2. The van der Waals surface area contributed by atoms with Crippen LogP contribution < -0.4 is 5.32 Å². The van der Waals surface area contributed by atoms with Crippen LogP contribution in [0.25, 0.3) is 11.3 Å². The fourth-order valence-corrected chi connectivity index (χ4v) is 3.27. The van der Waals surface area contributed by atoms with Gasteiger partial charge in [0, 0.05) is 17.3 Å². The van der Waals surface area contributed by atoms with Crippen molar-refractivity contribution in [3.8, 4) is 11.3 Å². The van der Waals surface area contributed by atoms with Crippen LogP contribution in [-0.2, 0) is 4.79 Å². The van der Waals surface area contributed by atoms with E-state index in [-0.39, 0.29) is 12.2 Å². The summed E-state index contributed by atoms with van der Waals surface area (Å²) in [4.78, 5) is 28.5. The average Bonchev–Trinajstić information content (AvgIpc) is 2.67. The number of halogens is 1. The number of hydrogen-bond donors (Lipinski definition) is 2. The molecule has 0 bridgehead atoms. The summed E-state index contributed by atoms with van der Waals surface area (Å²) in [6.45, 7) is 3.64. The summed E-state index contributed by atoms with van der Waals surface area (Å²) < 4.78 is 13.4. The van der Waals surface area contributed by atoms with Crippen molar-refractivity contribution in [1.82, 2.24) is 10.3 Å². The lowest BCUT2D eigenvalue weighted by atomic mass is 9.98. The van der Waals surface area contributed by atoms with E-state index in [4.69, 9.17) is 0 Å². The molecule has 1 amide bonds. The molecular formula is C23H21FN2O3. The molecule has 148 valence electrons. The van der Waals surface area contributed by atoms with E-state index in [1.807, 2.05) is 31.2 Å². The van der Waals surface area contributed by atoms with Crippen molar-refractivity contribution >= 4 is 11.9 Å². The Bertz CT molecular complexity index is 1070. The maximum Gasteiger partial charge on any atom is 0.305 e. The second-order valence-corrected chi connectivity index (χ2v) is 6.87. The molecule has 0 saturated carbocycles. The third-order valence-electron chi connectivity index (χ3n) is 4.73. The summed E-state index contributed by atoms with van der Waals surface area (Å²) in [5, 5.41) is 12.1. The normalized spacial score (nSPS) is 11.7. The first-order valence-electron chi connectivity index (χ1n) is 9.16. The van der Waals surface area contributed by atoms with E-state index in [9.17, 15) is 19.1 Å². The Morgan fingerprint density at radius 3 is 2.52 bits per heavy atom. The molecule has 6 heteroatoms. The number of rotatable bonds is 6. The summed E-state index contributed by atoms with van der Waals surface area (Å²) in [6.07, 6.45) is 1.28. The smallest absolute Gasteiger partial charge is 0.305 e. The van der Waals surface area contributed by atoms with Crippen molar-refractivity contribution in [3.63, 3.8) is 0 Å². The molecule has 1 aromatic heterocycles. The van der Waals surface area contributed by atoms with Gasteiger partial charge in [-0.3, -0.25) is 14.6 Å². The molecule has 0 saturated heterocycles. The Labute approximate surface area is 168 Å². The van der Waals surface area contributed by atoms with Crippen LogP contribution in [0, 0.1) is 19.7 Å². The lowest BCUT2D eigenvalue weighted by Crippen LogP contribution is -2.30. The summed E-state index contributed by atoms with van der Waals surface area (Å²) in [5.74, 6) is -1.74. The molecule has 0 radical (unpaired) electrons. The van der Waals surface area contributed by atoms with Crippen molar-refractivity contribution in [1.29, 1.82) is 0 Å². The van der Waals surface area contributed by atoms with E-state index >= 15 is 0 Å². The first kappa shape index (κ1) is 20.2. The molecule has 0 unspecified atom stereocenters. The molecule has 2 aromatic carbocycles. The second-order valence-electron chi connectivity index (χ2n) is 6.87. The fraction of sp³-hybridized carbons (Fsp3) is 0.174. The Kier molecular flexibility index (Phi) is 6.02. The topological polar surface area (TPSA) is 79.3 Å². The highest BCUT2D eigenvalue weighted by molar-refractivity contribution is 5.95. The molecule has 29 heavy (non-hydrogen) atoms. The zero-order valence-corrected chi connectivity index (χ0v) is 16.1. The van der Waals surface area contributed by atoms with Crippen molar-refractivity contribution in [2.45, 2.75) is 26.3 Å². The molecule has 0 spiro atoms. The molecule has 3 aromatic rings. The van der Waals surface area contributed by atoms with E-state index in [1.54, 1.807) is 25.1 Å². The summed E-state index contributed by atoms with van der Waals surface area (Å²) in [7, 11) is 0. The monoisotopic (exact) mass is 392 g/mol. The minimum Gasteiger partial charge on any atom is -0.481 e. The quantitative estimate of drug-likeness (QED) is 0.650. The van der Waals surface area contributed by atoms with Gasteiger partial charge in [0.25, 0.3) is 5.91 Å². The van der Waals surface area contributed by atoms with Crippen LogP contribution in [0.15, 0.2) is 60.8 Å². The first-order chi connectivity index (χ1) is 13.8. The number of carbonyl (C=O) groups excluding carboxylic acids is 1. The van der Waals surface area contributed by atoms with E-state index in [0.29, 0.717) is 16.8 Å². The summed E-state index contributed by atoms with van der Waals surface area (Å²) in [5.41, 5.74) is 3.98. The number of amides is 1. The maximum atomic E-state index is 13.4. The predicted molar refractivity (Wildman–Crippen MR) is 108 cm³/mol. The van der Waals surface area contributed by atoms with Gasteiger partial charge < -0.3 is 10.4 Å². The Balaban J connectivity index is 1.89. The largest absolute Gasteiger partial charge is 0.481 e. The van der Waals surface area contributed by atoms with Crippen molar-refractivity contribution in [2.24, 2.45) is 0 Å². The first-order valence-corrected chi connectivity index (χ1v) is 9.16. The molecule has 2 N–H and O–H groups in total. The van der Waals surface area contributed by atoms with Gasteiger partial charge in [0.2, 0.25) is 0 Å². The van der Waals surface area contributed by atoms with Crippen LogP contribution in [0.4, 0.5) is 4.39 Å². The van der Waals surface area contributed by atoms with Crippen molar-refractivity contribution < 1.29 is 19.1 Å². The lowest BCUT2D eigenvalue weighted by Gasteiger charge is -2.19. The standard InChI is InChI=1S/C23H21FN2O3/c1-14-5-3-4-6-18(14)21(13-22(27)28)26-23(29)16-9-10-25-20(12-16)19-8-7-17(24)11-15(19)2/h3-12,21H,13H2,1-2H3,(H,26,29)(H,27,28)/t21-/m0/s1. The molecule has 0 aliphatic rings. The highest BCUT2D eigenvalue weighted by Crippen LogP contribution is 2.24. The number of hydrogen-bond acceptors (Lipinski definition) is 3. The number of pyridine rings is 1. The molecule has 5 nitrogen and oxygen atoms in total. The van der Waals surface area contributed by atoms with Gasteiger partial charge in [0.15, 0.2) is 0 Å². The molecule has 0 aliphatic carbocycles. The van der Waals surface area contributed by atoms with Gasteiger partial charge in [0.05, 0.1) is 18.2 Å². The molecule has 0 aliphatic heterocycles. The van der Waals surface area contributed by atoms with Crippen LogP contribution >= 0.6 is 0 Å². The van der Waals surface area contributed by atoms with E-state index in [1.165, 1.54) is 18.3 Å². The lowest BCUT2D eigenvalue weighted by molar-refractivity contribution is -0.137. The van der Waals surface area contributed by atoms with Crippen LogP contribution in [0.2, 0.25) is 0 Å². The number of carboxylic acids is 1. The van der Waals surface area contributed by atoms with Gasteiger partial charge >= 0.3 is 5.97 Å². The average molecular weight is 392 g/mol. The van der Waals surface area contributed by atoms with Crippen LogP contribution in [-0.4, -0.2) is 22.0 Å². The number of benzene rings is 2. The zero-order valence-electron chi connectivity index (χ0n) is 16.1. The number of nitrogens with one attached hydrogen (secondary N) is 1. The number of nitrogens with zero attached hydrogens (tertiary/aromatic N) is 1. The fourth-order valence-electron chi connectivity index (χ4n) is 3.27. The van der Waals surface area contributed by atoms with Gasteiger partial charge in [-0.15, -0.1) is 0 Å². The Morgan fingerprint density at radius 1 is 1.07 bits per heavy atom. The van der Waals surface area contributed by atoms with E-state index in [0.717, 1.165) is 16.7 Å². The van der Waals surface area contributed by atoms with Gasteiger partial charge in [0.1, 0.15) is 5.82 Å². The summed E-state index contributed by atoms with van der Waals surface area (Å²) >= 11 is 0. The molecule has 1 heterocycles. The number of aromatic nitrogens is 1. The van der Waals surface area contributed by atoms with E-state index in [2.05, 4.69) is 10.3 Å². The zero-order chi connectivity index (χ0) is 21.0. The minimum absolute atomic E-state index is 0.231. The van der Waals surface area contributed by atoms with Gasteiger partial charge in [-0.25, -0.2) is 4.39 Å². The molecule has 1 atom stereocenters. The number of aryl methyl sites for hydroxylation is 2. The van der Waals surface area contributed by atoms with E-state index < -0.39 is 17.9 Å². The number of carbonyl (C=O) groups is 2. The molecular weight excluding hydrogens is 371 g/mol. The number of aliphatic carboxylic acids is 1. The van der Waals surface area contributed by atoms with Crippen LogP contribution in [0.1, 0.15) is 39.5 Å². The maximum absolute atomic E-state index is 13.4. The van der Waals surface area contributed by atoms with Crippen molar-refractivity contribution in [3.05, 3.63) is 88.9 Å². The predicted octanol–water partition coefficient (Wildman–Crippen LogP) is 4.45. The second kappa shape index (κ2) is 8.65. The minimum atomic E-state index is -1.00. The van der Waals surface area contributed by atoms with Crippen LogP contribution in [0.5, 0.6) is 0 Å². The highest BCUT2D eigenvalue weighted by atomic mass is 19.1.